The molecule has 1 amide bonds. The van der Waals surface area contributed by atoms with Crippen LogP contribution in [0.2, 0.25) is 0 Å². The molecule has 1 atom stereocenters. The molecule has 1 aliphatic heterocycles. The zero-order valence-corrected chi connectivity index (χ0v) is 19.8. The van der Waals surface area contributed by atoms with Gasteiger partial charge in [0.15, 0.2) is 11.5 Å². The summed E-state index contributed by atoms with van der Waals surface area (Å²) in [6, 6.07) is 7.60. The number of anilines is 2. The molecule has 35 heavy (non-hydrogen) atoms. The van der Waals surface area contributed by atoms with Crippen LogP contribution in [0.4, 0.5) is 11.5 Å². The highest BCUT2D eigenvalue weighted by Crippen LogP contribution is 2.36. The number of nitrogens with one attached hydrogen (secondary N) is 4. The number of benzene rings is 1. The number of aromatic nitrogens is 5. The van der Waals surface area contributed by atoms with E-state index in [2.05, 4.69) is 41.3 Å². The minimum atomic E-state index is -0.518. The lowest BCUT2D eigenvalue weighted by Gasteiger charge is -2.16. The fraction of sp³-hybridized carbons (Fsp3) is 0.375. The van der Waals surface area contributed by atoms with Gasteiger partial charge < -0.3 is 25.6 Å². The van der Waals surface area contributed by atoms with E-state index in [9.17, 15) is 9.90 Å². The number of rotatable bonds is 6. The van der Waals surface area contributed by atoms with Gasteiger partial charge in [-0.1, -0.05) is 38.1 Å². The van der Waals surface area contributed by atoms with Gasteiger partial charge in [0.2, 0.25) is 5.89 Å². The van der Waals surface area contributed by atoms with E-state index in [1.807, 2.05) is 39.0 Å². The Bertz CT molecular complexity index is 1360. The zero-order valence-electron chi connectivity index (χ0n) is 19.8. The molecule has 0 saturated carbocycles. The van der Waals surface area contributed by atoms with Gasteiger partial charge in [-0.2, -0.15) is 10.1 Å². The van der Waals surface area contributed by atoms with Crippen LogP contribution in [0.25, 0.3) is 22.2 Å². The number of amides is 1. The summed E-state index contributed by atoms with van der Waals surface area (Å²) in [6.07, 6.45) is 2.69. The van der Waals surface area contributed by atoms with Gasteiger partial charge in [-0.15, -0.1) is 0 Å². The van der Waals surface area contributed by atoms with E-state index in [0.717, 1.165) is 36.0 Å². The zero-order chi connectivity index (χ0) is 24.6. The Morgan fingerprint density at radius 3 is 2.83 bits per heavy atom. The second-order valence-corrected chi connectivity index (χ2v) is 9.61. The second-order valence-electron chi connectivity index (χ2n) is 9.61. The van der Waals surface area contributed by atoms with Gasteiger partial charge in [-0.25, -0.2) is 4.98 Å². The van der Waals surface area contributed by atoms with Gasteiger partial charge in [0.05, 0.1) is 12.0 Å². The highest BCUT2D eigenvalue weighted by Gasteiger charge is 2.25. The molecule has 0 aliphatic carbocycles. The minimum Gasteiger partial charge on any atom is -0.392 e. The average molecular weight is 477 g/mol. The van der Waals surface area contributed by atoms with Crippen LogP contribution in [-0.2, 0) is 12.0 Å². The van der Waals surface area contributed by atoms with E-state index in [-0.39, 0.29) is 23.9 Å². The Hall–Kier alpha value is -3.83. The minimum absolute atomic E-state index is 0.0676. The molecule has 4 aromatic rings. The van der Waals surface area contributed by atoms with Crippen molar-refractivity contribution in [3.8, 4) is 11.1 Å². The first-order valence-electron chi connectivity index (χ1n) is 11.5. The number of nitrogens with zero attached hydrogens (tertiary/aromatic N) is 4. The van der Waals surface area contributed by atoms with Crippen LogP contribution in [0.15, 0.2) is 35.0 Å². The Labute approximate surface area is 201 Å². The maximum atomic E-state index is 12.9. The number of carbonyl (C=O) groups excluding carboxylic acids is 1. The average Bonchev–Trinajstić information content (AvgIpc) is 3.60. The molecule has 1 aliphatic rings. The van der Waals surface area contributed by atoms with E-state index in [4.69, 9.17) is 4.52 Å². The number of aliphatic hydroxyl groups excluding tert-OH is 1. The van der Waals surface area contributed by atoms with E-state index in [1.54, 1.807) is 12.3 Å². The van der Waals surface area contributed by atoms with E-state index >= 15 is 0 Å². The first-order chi connectivity index (χ1) is 16.8. The van der Waals surface area contributed by atoms with Crippen LogP contribution in [0.5, 0.6) is 0 Å². The van der Waals surface area contributed by atoms with Crippen LogP contribution in [0, 0.1) is 0 Å². The van der Waals surface area contributed by atoms with Crippen LogP contribution >= 0.6 is 0 Å². The summed E-state index contributed by atoms with van der Waals surface area (Å²) >= 11 is 0. The summed E-state index contributed by atoms with van der Waals surface area (Å²) in [5.41, 5.74) is 2.87. The lowest BCUT2D eigenvalue weighted by Crippen LogP contribution is -2.22. The highest BCUT2D eigenvalue weighted by molar-refractivity contribution is 6.04. The van der Waals surface area contributed by atoms with Gasteiger partial charge in [0.25, 0.3) is 11.7 Å². The first-order valence-corrected chi connectivity index (χ1v) is 11.5. The first kappa shape index (κ1) is 22.9. The topological polar surface area (TPSA) is 154 Å². The standard InChI is InChI=1S/C24H28N8O3/c1-24(2,3)23-29-21(32-35-23)22(34)28-17-6-4-5-14(16(17)12-33)15-8-10-26-19-18(15)20(31-30-19)27-13-7-9-25-11-13/h4-6,8,10,13,25,33H,7,9,11-12H2,1-3H3,(H,28,34)(H2,26,27,30,31)/t13-/m1/s1. The van der Waals surface area contributed by atoms with Gasteiger partial charge >= 0.3 is 0 Å². The predicted octanol–water partition coefficient (Wildman–Crippen LogP) is 2.82. The number of hydrogen-bond donors (Lipinski definition) is 5. The number of aliphatic hydroxyl groups is 1. The van der Waals surface area contributed by atoms with Gasteiger partial charge in [-0.05, 0) is 36.2 Å². The summed E-state index contributed by atoms with van der Waals surface area (Å²) in [7, 11) is 0. The predicted molar refractivity (Wildman–Crippen MR) is 131 cm³/mol. The molecule has 1 aromatic carbocycles. The molecule has 11 heteroatoms. The summed E-state index contributed by atoms with van der Waals surface area (Å²) in [5.74, 6) is 0.490. The number of carbonyl (C=O) groups is 1. The number of pyridine rings is 1. The lowest BCUT2D eigenvalue weighted by atomic mass is 9.96. The molecule has 1 saturated heterocycles. The molecule has 3 aromatic heterocycles. The lowest BCUT2D eigenvalue weighted by molar-refractivity contribution is 0.101. The van der Waals surface area contributed by atoms with Crippen molar-refractivity contribution < 1.29 is 14.4 Å². The Morgan fingerprint density at radius 2 is 2.11 bits per heavy atom. The van der Waals surface area contributed by atoms with Gasteiger partial charge in [-0.3, -0.25) is 9.89 Å². The largest absolute Gasteiger partial charge is 0.392 e. The summed E-state index contributed by atoms with van der Waals surface area (Å²) < 4.78 is 5.24. The fourth-order valence-electron chi connectivity index (χ4n) is 4.18. The molecule has 1 fully saturated rings. The molecule has 5 rings (SSSR count). The van der Waals surface area contributed by atoms with Gasteiger partial charge in [0, 0.05) is 35.4 Å². The monoisotopic (exact) mass is 476 g/mol. The normalized spacial score (nSPS) is 16.1. The van der Waals surface area contributed by atoms with Crippen molar-refractivity contribution in [2.75, 3.05) is 23.7 Å². The third-order valence-corrected chi connectivity index (χ3v) is 6.01. The van der Waals surface area contributed by atoms with Gasteiger partial charge in [0.1, 0.15) is 0 Å². The molecular weight excluding hydrogens is 448 g/mol. The number of hydrogen-bond acceptors (Lipinski definition) is 9. The van der Waals surface area contributed by atoms with Crippen LogP contribution in [0.3, 0.4) is 0 Å². The van der Waals surface area contributed by atoms with Crippen LogP contribution < -0.4 is 16.0 Å². The van der Waals surface area contributed by atoms with Crippen molar-refractivity contribution in [3.05, 3.63) is 47.7 Å². The summed E-state index contributed by atoms with van der Waals surface area (Å²) in [5, 5.41) is 32.0. The molecule has 0 bridgehead atoms. The third-order valence-electron chi connectivity index (χ3n) is 6.01. The van der Waals surface area contributed by atoms with Crippen molar-refractivity contribution in [2.24, 2.45) is 0 Å². The maximum Gasteiger partial charge on any atom is 0.297 e. The van der Waals surface area contributed by atoms with Crippen molar-refractivity contribution >= 4 is 28.4 Å². The molecule has 11 nitrogen and oxygen atoms in total. The smallest absolute Gasteiger partial charge is 0.297 e. The van der Waals surface area contributed by atoms with Crippen LogP contribution in [0.1, 0.15) is 49.3 Å². The molecule has 0 radical (unpaired) electrons. The maximum absolute atomic E-state index is 12.9. The van der Waals surface area contributed by atoms with Crippen molar-refractivity contribution in [1.29, 1.82) is 0 Å². The Kier molecular flexibility index (Phi) is 5.95. The second kappa shape index (κ2) is 9.08. The van der Waals surface area contributed by atoms with E-state index < -0.39 is 5.91 Å². The molecule has 182 valence electrons. The molecule has 4 heterocycles. The molecule has 5 N–H and O–H groups in total. The number of H-pyrrole nitrogens is 1. The Morgan fingerprint density at radius 1 is 1.26 bits per heavy atom. The SMILES string of the molecule is CC(C)(C)c1nc(C(=O)Nc2cccc(-c3ccnc4[nH]nc(N[C@@H]5CCNC5)c34)c2CO)no1. The summed E-state index contributed by atoms with van der Waals surface area (Å²) in [6.45, 7) is 7.30. The quantitative estimate of drug-likeness (QED) is 0.283. The van der Waals surface area contributed by atoms with E-state index in [1.165, 1.54) is 0 Å². The molecular formula is C24H28N8O3. The summed E-state index contributed by atoms with van der Waals surface area (Å²) in [4.78, 5) is 21.5. The highest BCUT2D eigenvalue weighted by atomic mass is 16.5. The Balaban J connectivity index is 1.50. The molecule has 0 unspecified atom stereocenters. The van der Waals surface area contributed by atoms with Crippen molar-refractivity contribution in [2.45, 2.75) is 45.3 Å². The van der Waals surface area contributed by atoms with Crippen LogP contribution in [-0.4, -0.2) is 55.5 Å². The number of aromatic amines is 1. The van der Waals surface area contributed by atoms with Crippen molar-refractivity contribution in [1.82, 2.24) is 30.6 Å². The van der Waals surface area contributed by atoms with Crippen molar-refractivity contribution in [3.63, 3.8) is 0 Å². The third kappa shape index (κ3) is 4.47. The number of fused-ring (bicyclic) bond motifs is 1. The fourth-order valence-corrected chi connectivity index (χ4v) is 4.18. The molecule has 0 spiro atoms. The van der Waals surface area contributed by atoms with E-state index in [0.29, 0.717) is 28.6 Å².